The number of nitrogens with one attached hydrogen (secondary N) is 1. The molecule has 1 atom stereocenters. The standard InChI is InChI=1S/C22H21N5O2/c1-15(21(23)28)17-9-5-6-10-18(17)25-20-11-13-24-22(26-20)27-19(12-14-29-27)16-7-3-2-4-8-16/h2-11,13,19H,1,12,14H2,(H2,23,28)(H,24,25,26)/t19-/m1/s1. The minimum Gasteiger partial charge on any atom is -0.366 e. The van der Waals surface area contributed by atoms with E-state index in [9.17, 15) is 4.79 Å². The number of carbonyl (C=O) groups is 1. The van der Waals surface area contributed by atoms with Gasteiger partial charge in [-0.15, -0.1) is 0 Å². The highest BCUT2D eigenvalue weighted by atomic mass is 16.7. The lowest BCUT2D eigenvalue weighted by molar-refractivity contribution is -0.112. The summed E-state index contributed by atoms with van der Waals surface area (Å²) in [6.45, 7) is 4.37. The fraction of sp³-hybridized carbons (Fsp3) is 0.136. The Morgan fingerprint density at radius 3 is 2.69 bits per heavy atom. The molecule has 0 unspecified atom stereocenters. The van der Waals surface area contributed by atoms with Crippen molar-refractivity contribution in [1.29, 1.82) is 0 Å². The molecule has 1 aliphatic rings. The van der Waals surface area contributed by atoms with Crippen LogP contribution in [-0.4, -0.2) is 22.5 Å². The number of nitrogens with two attached hydrogens (primary N) is 1. The summed E-state index contributed by atoms with van der Waals surface area (Å²) in [5.41, 5.74) is 8.08. The lowest BCUT2D eigenvalue weighted by Crippen LogP contribution is -2.23. The van der Waals surface area contributed by atoms with Crippen LogP contribution in [0.2, 0.25) is 0 Å². The van der Waals surface area contributed by atoms with Crippen molar-refractivity contribution < 1.29 is 9.63 Å². The van der Waals surface area contributed by atoms with E-state index >= 15 is 0 Å². The number of hydroxylamine groups is 1. The maximum Gasteiger partial charge on any atom is 0.252 e. The highest BCUT2D eigenvalue weighted by molar-refractivity contribution is 6.19. The Labute approximate surface area is 168 Å². The van der Waals surface area contributed by atoms with Crippen LogP contribution in [0.25, 0.3) is 5.57 Å². The molecule has 0 bridgehead atoms. The number of primary amides is 1. The second-order valence-corrected chi connectivity index (χ2v) is 6.63. The Hall–Kier alpha value is -3.71. The van der Waals surface area contributed by atoms with Gasteiger partial charge in [0.25, 0.3) is 5.95 Å². The quantitative estimate of drug-likeness (QED) is 0.628. The number of benzene rings is 2. The molecule has 3 aromatic rings. The van der Waals surface area contributed by atoms with Crippen LogP contribution in [0.3, 0.4) is 0 Å². The zero-order chi connectivity index (χ0) is 20.2. The van der Waals surface area contributed by atoms with Crippen molar-refractivity contribution in [2.24, 2.45) is 5.73 Å². The van der Waals surface area contributed by atoms with Gasteiger partial charge in [0.05, 0.1) is 12.6 Å². The summed E-state index contributed by atoms with van der Waals surface area (Å²) < 4.78 is 0. The van der Waals surface area contributed by atoms with Gasteiger partial charge in [-0.3, -0.25) is 9.63 Å². The first-order valence-electron chi connectivity index (χ1n) is 9.29. The van der Waals surface area contributed by atoms with Crippen molar-refractivity contribution in [3.8, 4) is 0 Å². The van der Waals surface area contributed by atoms with Crippen LogP contribution in [0.5, 0.6) is 0 Å². The lowest BCUT2D eigenvalue weighted by atomic mass is 10.0. The van der Waals surface area contributed by atoms with Crippen molar-refractivity contribution in [3.05, 3.63) is 84.6 Å². The summed E-state index contributed by atoms with van der Waals surface area (Å²) in [6.07, 6.45) is 2.52. The summed E-state index contributed by atoms with van der Waals surface area (Å²) in [5.74, 6) is 0.466. The van der Waals surface area contributed by atoms with Crippen molar-refractivity contribution in [1.82, 2.24) is 9.97 Å². The molecular weight excluding hydrogens is 366 g/mol. The molecular formula is C22H21N5O2. The molecule has 2 heterocycles. The summed E-state index contributed by atoms with van der Waals surface area (Å²) in [5, 5.41) is 4.97. The van der Waals surface area contributed by atoms with E-state index in [1.165, 1.54) is 0 Å². The Morgan fingerprint density at radius 1 is 1.14 bits per heavy atom. The zero-order valence-electron chi connectivity index (χ0n) is 15.8. The van der Waals surface area contributed by atoms with Gasteiger partial charge in [0.1, 0.15) is 5.82 Å². The third-order valence-electron chi connectivity index (χ3n) is 4.74. The number of hydrogen-bond donors (Lipinski definition) is 2. The number of amides is 1. The molecule has 0 spiro atoms. The Morgan fingerprint density at radius 2 is 1.90 bits per heavy atom. The Kier molecular flexibility index (Phi) is 5.22. The first-order valence-corrected chi connectivity index (χ1v) is 9.29. The molecule has 2 aromatic carbocycles. The molecule has 4 rings (SSSR count). The number of anilines is 3. The number of hydrogen-bond acceptors (Lipinski definition) is 6. The molecule has 146 valence electrons. The van der Waals surface area contributed by atoms with Crippen molar-refractivity contribution in [3.63, 3.8) is 0 Å². The maximum absolute atomic E-state index is 11.5. The largest absolute Gasteiger partial charge is 0.366 e. The second-order valence-electron chi connectivity index (χ2n) is 6.63. The van der Waals surface area contributed by atoms with E-state index in [4.69, 9.17) is 10.6 Å². The van der Waals surface area contributed by atoms with Crippen molar-refractivity contribution in [2.75, 3.05) is 17.0 Å². The molecule has 1 aromatic heterocycles. The minimum atomic E-state index is -0.571. The molecule has 1 fully saturated rings. The first-order chi connectivity index (χ1) is 14.1. The van der Waals surface area contributed by atoms with Crippen molar-refractivity contribution in [2.45, 2.75) is 12.5 Å². The summed E-state index contributed by atoms with van der Waals surface area (Å²) >= 11 is 0. The molecule has 0 radical (unpaired) electrons. The van der Waals surface area contributed by atoms with Crippen LogP contribution in [0, 0.1) is 0 Å². The Balaban J connectivity index is 1.61. The number of rotatable bonds is 6. The predicted molar refractivity (Wildman–Crippen MR) is 112 cm³/mol. The van der Waals surface area contributed by atoms with Gasteiger partial charge in [0.15, 0.2) is 0 Å². The fourth-order valence-electron chi connectivity index (χ4n) is 3.29. The van der Waals surface area contributed by atoms with Crippen LogP contribution in [0.4, 0.5) is 17.5 Å². The fourth-order valence-corrected chi connectivity index (χ4v) is 3.29. The van der Waals surface area contributed by atoms with E-state index in [0.29, 0.717) is 29.6 Å². The molecule has 7 nitrogen and oxygen atoms in total. The SMILES string of the molecule is C=C(C(N)=O)c1ccccc1Nc1ccnc(N2OCC[C@@H]2c2ccccc2)n1. The highest BCUT2D eigenvalue weighted by Gasteiger charge is 2.29. The second kappa shape index (κ2) is 8.12. The summed E-state index contributed by atoms with van der Waals surface area (Å²) in [6, 6.07) is 19.2. The summed E-state index contributed by atoms with van der Waals surface area (Å²) in [4.78, 5) is 26.3. The van der Waals surface area contributed by atoms with Crippen LogP contribution in [0.1, 0.15) is 23.6 Å². The number of carbonyl (C=O) groups excluding carboxylic acids is 1. The van der Waals surface area contributed by atoms with Crippen LogP contribution in [-0.2, 0) is 9.63 Å². The van der Waals surface area contributed by atoms with E-state index in [2.05, 4.69) is 34.0 Å². The van der Waals surface area contributed by atoms with Gasteiger partial charge < -0.3 is 11.1 Å². The van der Waals surface area contributed by atoms with E-state index in [0.717, 1.165) is 12.0 Å². The van der Waals surface area contributed by atoms with Gasteiger partial charge in [-0.2, -0.15) is 4.98 Å². The number of nitrogens with zero attached hydrogens (tertiary/aromatic N) is 3. The van der Waals surface area contributed by atoms with E-state index in [1.807, 2.05) is 36.4 Å². The average Bonchev–Trinajstić information content (AvgIpc) is 3.24. The molecule has 29 heavy (non-hydrogen) atoms. The van der Waals surface area contributed by atoms with Gasteiger partial charge in [0.2, 0.25) is 5.91 Å². The topological polar surface area (TPSA) is 93.4 Å². The number of para-hydroxylation sites is 1. The van der Waals surface area contributed by atoms with E-state index in [-0.39, 0.29) is 11.6 Å². The van der Waals surface area contributed by atoms with Crippen LogP contribution >= 0.6 is 0 Å². The van der Waals surface area contributed by atoms with Gasteiger partial charge in [0, 0.05) is 29.4 Å². The van der Waals surface area contributed by atoms with Gasteiger partial charge >= 0.3 is 0 Å². The normalized spacial score (nSPS) is 15.9. The van der Waals surface area contributed by atoms with Gasteiger partial charge in [-0.1, -0.05) is 55.1 Å². The maximum atomic E-state index is 11.5. The van der Waals surface area contributed by atoms with E-state index in [1.54, 1.807) is 23.4 Å². The van der Waals surface area contributed by atoms with E-state index < -0.39 is 5.91 Å². The monoisotopic (exact) mass is 387 g/mol. The van der Waals surface area contributed by atoms with Gasteiger partial charge in [-0.25, -0.2) is 10.0 Å². The minimum absolute atomic E-state index is 0.0494. The van der Waals surface area contributed by atoms with Gasteiger partial charge in [-0.05, 0) is 17.7 Å². The third-order valence-corrected chi connectivity index (χ3v) is 4.74. The molecule has 7 heteroatoms. The lowest BCUT2D eigenvalue weighted by Gasteiger charge is -2.23. The zero-order valence-corrected chi connectivity index (χ0v) is 15.8. The first kappa shape index (κ1) is 18.6. The van der Waals surface area contributed by atoms with Crippen molar-refractivity contribution >= 4 is 28.9 Å². The smallest absolute Gasteiger partial charge is 0.252 e. The third kappa shape index (κ3) is 3.95. The molecule has 1 aliphatic heterocycles. The Bertz CT molecular complexity index is 1040. The molecule has 3 N–H and O–H groups in total. The molecule has 1 saturated heterocycles. The number of aromatic nitrogens is 2. The molecule has 1 amide bonds. The van der Waals surface area contributed by atoms with Crippen LogP contribution < -0.4 is 16.1 Å². The predicted octanol–water partition coefficient (Wildman–Crippen LogP) is 3.60. The highest BCUT2D eigenvalue weighted by Crippen LogP contribution is 2.33. The summed E-state index contributed by atoms with van der Waals surface area (Å²) in [7, 11) is 0. The average molecular weight is 387 g/mol. The molecule has 0 aliphatic carbocycles. The molecule has 0 saturated carbocycles. The van der Waals surface area contributed by atoms with Crippen LogP contribution in [0.15, 0.2) is 73.4 Å².